The summed E-state index contributed by atoms with van der Waals surface area (Å²) in [5, 5.41) is 0. The molecule has 0 saturated heterocycles. The Kier molecular flexibility index (Phi) is 4.03. The highest BCUT2D eigenvalue weighted by Crippen LogP contribution is 2.41. The van der Waals surface area contributed by atoms with E-state index in [1.54, 1.807) is 0 Å². The predicted molar refractivity (Wildman–Crippen MR) is 86.3 cm³/mol. The number of nitrogens with zero attached hydrogens (tertiary/aromatic N) is 1. The van der Waals surface area contributed by atoms with Crippen molar-refractivity contribution < 1.29 is 4.79 Å². The van der Waals surface area contributed by atoms with Crippen molar-refractivity contribution in [2.45, 2.75) is 57.9 Å². The number of carbonyl (C=O) groups is 1. The van der Waals surface area contributed by atoms with Gasteiger partial charge in [-0.25, -0.2) is 0 Å². The van der Waals surface area contributed by atoms with E-state index >= 15 is 0 Å². The molecule has 0 spiro atoms. The first-order chi connectivity index (χ1) is 10.2. The molecule has 1 atom stereocenters. The maximum atomic E-state index is 13.3. The Morgan fingerprint density at radius 3 is 2.71 bits per heavy atom. The fraction of sp³-hybridized carbons (Fsp3) is 0.611. The van der Waals surface area contributed by atoms with Crippen LogP contribution in [0.3, 0.4) is 0 Å². The maximum Gasteiger partial charge on any atom is 0.234 e. The average Bonchev–Trinajstić information content (AvgIpc) is 2.55. The standard InChI is InChI=1S/C18H26N2O/c1-14-9-10-15-7-3-4-8-16(15)20(14)17(21)18(13-19)11-5-2-6-12-18/h3-4,7-8,14H,2,5-6,9-13,19H2,1H3. The molecule has 0 bridgehead atoms. The first-order valence-electron chi connectivity index (χ1n) is 8.29. The van der Waals surface area contributed by atoms with E-state index in [-0.39, 0.29) is 17.4 Å². The lowest BCUT2D eigenvalue weighted by atomic mass is 9.72. The molecule has 2 N–H and O–H groups in total. The molecule has 3 nitrogen and oxygen atoms in total. The van der Waals surface area contributed by atoms with E-state index in [1.165, 1.54) is 12.0 Å². The van der Waals surface area contributed by atoms with Crippen molar-refractivity contribution in [3.05, 3.63) is 29.8 Å². The number of benzene rings is 1. The van der Waals surface area contributed by atoms with E-state index in [9.17, 15) is 4.79 Å². The highest BCUT2D eigenvalue weighted by Gasteiger charge is 2.43. The number of para-hydroxylation sites is 1. The molecule has 2 aliphatic rings. The Hall–Kier alpha value is -1.35. The van der Waals surface area contributed by atoms with E-state index in [2.05, 4.69) is 30.0 Å². The zero-order valence-electron chi connectivity index (χ0n) is 13.0. The van der Waals surface area contributed by atoms with Crippen molar-refractivity contribution in [3.63, 3.8) is 0 Å². The molecule has 21 heavy (non-hydrogen) atoms. The second-order valence-electron chi connectivity index (χ2n) is 6.74. The van der Waals surface area contributed by atoms with Gasteiger partial charge in [0.2, 0.25) is 5.91 Å². The highest BCUT2D eigenvalue weighted by molar-refractivity contribution is 5.99. The molecular weight excluding hydrogens is 260 g/mol. The van der Waals surface area contributed by atoms with Gasteiger partial charge in [0.05, 0.1) is 5.41 Å². The lowest BCUT2D eigenvalue weighted by Crippen LogP contribution is -2.53. The quantitative estimate of drug-likeness (QED) is 0.907. The average molecular weight is 286 g/mol. The van der Waals surface area contributed by atoms with E-state index < -0.39 is 0 Å². The summed E-state index contributed by atoms with van der Waals surface area (Å²) in [7, 11) is 0. The second kappa shape index (κ2) is 5.80. The number of hydrogen-bond donors (Lipinski definition) is 1. The van der Waals surface area contributed by atoms with Crippen LogP contribution in [0.1, 0.15) is 51.0 Å². The first-order valence-corrected chi connectivity index (χ1v) is 8.29. The van der Waals surface area contributed by atoms with Crippen LogP contribution in [-0.4, -0.2) is 18.5 Å². The van der Waals surface area contributed by atoms with Crippen molar-refractivity contribution in [2.24, 2.45) is 11.1 Å². The highest BCUT2D eigenvalue weighted by atomic mass is 16.2. The molecule has 1 aliphatic heterocycles. The lowest BCUT2D eigenvalue weighted by molar-refractivity contribution is -0.130. The lowest BCUT2D eigenvalue weighted by Gasteiger charge is -2.43. The number of nitrogens with two attached hydrogens (primary N) is 1. The third kappa shape index (κ3) is 2.48. The van der Waals surface area contributed by atoms with E-state index in [0.717, 1.165) is 44.2 Å². The van der Waals surface area contributed by atoms with Crippen molar-refractivity contribution >= 4 is 11.6 Å². The molecule has 1 aromatic carbocycles. The number of rotatable bonds is 2. The van der Waals surface area contributed by atoms with E-state index in [4.69, 9.17) is 5.73 Å². The van der Waals surface area contributed by atoms with Crippen molar-refractivity contribution in [1.29, 1.82) is 0 Å². The van der Waals surface area contributed by atoms with Crippen LogP contribution in [0.5, 0.6) is 0 Å². The molecule has 1 unspecified atom stereocenters. The summed E-state index contributed by atoms with van der Waals surface area (Å²) in [6.45, 7) is 2.65. The summed E-state index contributed by atoms with van der Waals surface area (Å²) < 4.78 is 0. The summed E-state index contributed by atoms with van der Waals surface area (Å²) in [6, 6.07) is 8.62. The van der Waals surface area contributed by atoms with Crippen molar-refractivity contribution in [3.8, 4) is 0 Å². The smallest absolute Gasteiger partial charge is 0.234 e. The van der Waals surface area contributed by atoms with E-state index in [1.807, 2.05) is 6.07 Å². The molecule has 1 heterocycles. The zero-order valence-corrected chi connectivity index (χ0v) is 13.0. The van der Waals surface area contributed by atoms with Gasteiger partial charge in [-0.2, -0.15) is 0 Å². The van der Waals surface area contributed by atoms with E-state index in [0.29, 0.717) is 6.54 Å². The molecule has 114 valence electrons. The molecule has 1 saturated carbocycles. The number of amides is 1. The van der Waals surface area contributed by atoms with Crippen LogP contribution in [0.15, 0.2) is 24.3 Å². The first kappa shape index (κ1) is 14.6. The third-order valence-corrected chi connectivity index (χ3v) is 5.40. The van der Waals surface area contributed by atoms with Crippen molar-refractivity contribution in [1.82, 2.24) is 0 Å². The van der Waals surface area contributed by atoms with Crippen LogP contribution in [0.4, 0.5) is 5.69 Å². The van der Waals surface area contributed by atoms with Crippen LogP contribution >= 0.6 is 0 Å². The molecule has 3 heteroatoms. The number of carbonyl (C=O) groups excluding carboxylic acids is 1. The minimum atomic E-state index is -0.322. The number of aryl methyl sites for hydroxylation is 1. The van der Waals surface area contributed by atoms with Gasteiger partial charge in [0.1, 0.15) is 0 Å². The Morgan fingerprint density at radius 2 is 2.00 bits per heavy atom. The van der Waals surface area contributed by atoms with Gasteiger partial charge in [-0.05, 0) is 44.2 Å². The molecule has 3 rings (SSSR count). The molecule has 1 amide bonds. The Labute approximate surface area is 127 Å². The van der Waals surface area contributed by atoms with Gasteiger partial charge in [0, 0.05) is 18.3 Å². The van der Waals surface area contributed by atoms with Gasteiger partial charge in [-0.15, -0.1) is 0 Å². The van der Waals surface area contributed by atoms with Crippen LogP contribution in [0, 0.1) is 5.41 Å². The van der Waals surface area contributed by atoms with Gasteiger partial charge in [-0.3, -0.25) is 4.79 Å². The topological polar surface area (TPSA) is 46.3 Å². The summed E-state index contributed by atoms with van der Waals surface area (Å²) >= 11 is 0. The fourth-order valence-electron chi connectivity index (χ4n) is 3.99. The molecule has 1 aliphatic carbocycles. The number of hydrogen-bond acceptors (Lipinski definition) is 2. The molecule has 1 fully saturated rings. The largest absolute Gasteiger partial charge is 0.329 e. The van der Waals surface area contributed by atoms with Gasteiger partial charge in [-0.1, -0.05) is 37.5 Å². The Balaban J connectivity index is 1.96. The summed E-state index contributed by atoms with van der Waals surface area (Å²) in [6.07, 6.45) is 7.52. The molecular formula is C18H26N2O. The molecule has 1 aromatic rings. The zero-order chi connectivity index (χ0) is 14.9. The number of fused-ring (bicyclic) bond motifs is 1. The summed E-state index contributed by atoms with van der Waals surface area (Å²) in [4.78, 5) is 15.4. The van der Waals surface area contributed by atoms with Gasteiger partial charge >= 0.3 is 0 Å². The Morgan fingerprint density at radius 1 is 1.29 bits per heavy atom. The number of anilines is 1. The summed E-state index contributed by atoms with van der Waals surface area (Å²) in [5.41, 5.74) is 8.15. The monoisotopic (exact) mass is 286 g/mol. The third-order valence-electron chi connectivity index (χ3n) is 5.40. The van der Waals surface area contributed by atoms with Gasteiger partial charge in [0.15, 0.2) is 0 Å². The second-order valence-corrected chi connectivity index (χ2v) is 6.74. The maximum absolute atomic E-state index is 13.3. The van der Waals surface area contributed by atoms with Crippen LogP contribution in [-0.2, 0) is 11.2 Å². The van der Waals surface area contributed by atoms with Gasteiger partial charge in [0.25, 0.3) is 0 Å². The minimum absolute atomic E-state index is 0.268. The predicted octanol–water partition coefficient (Wildman–Crippen LogP) is 3.26. The molecule has 0 aromatic heterocycles. The van der Waals surface area contributed by atoms with Crippen LogP contribution in [0.2, 0.25) is 0 Å². The van der Waals surface area contributed by atoms with Gasteiger partial charge < -0.3 is 10.6 Å². The van der Waals surface area contributed by atoms with Crippen molar-refractivity contribution in [2.75, 3.05) is 11.4 Å². The molecule has 0 radical (unpaired) electrons. The Bertz CT molecular complexity index is 520. The normalized spacial score (nSPS) is 24.5. The van der Waals surface area contributed by atoms with Crippen LogP contribution in [0.25, 0.3) is 0 Å². The SMILES string of the molecule is CC1CCc2ccccc2N1C(=O)C1(CN)CCCCC1. The summed E-state index contributed by atoms with van der Waals surface area (Å²) in [5.74, 6) is 0.268. The minimum Gasteiger partial charge on any atom is -0.329 e. The van der Waals surface area contributed by atoms with Crippen LogP contribution < -0.4 is 10.6 Å². The fourth-order valence-corrected chi connectivity index (χ4v) is 3.99.